The van der Waals surface area contributed by atoms with Gasteiger partial charge < -0.3 is 24.7 Å². The third kappa shape index (κ3) is 4.74. The SMILES string of the molecule is Cc1c([C@@H](NC(=O)Nc2cnc(N3CCOC[C@H]3C)nc2)C(F)(F)F)oc2c(F)cc(F)cc12. The van der Waals surface area contributed by atoms with E-state index in [4.69, 9.17) is 9.15 Å². The van der Waals surface area contributed by atoms with Gasteiger partial charge in [0.2, 0.25) is 5.95 Å². The molecule has 1 aliphatic rings. The molecular weight excluding hydrogens is 465 g/mol. The molecule has 1 saturated heterocycles. The summed E-state index contributed by atoms with van der Waals surface area (Å²) in [6, 6.07) is -2.43. The molecule has 0 unspecified atom stereocenters. The number of urea groups is 1. The van der Waals surface area contributed by atoms with Crippen molar-refractivity contribution in [2.24, 2.45) is 0 Å². The molecule has 182 valence electrons. The number of fused-ring (bicyclic) bond motifs is 1. The monoisotopic (exact) mass is 485 g/mol. The first-order valence-electron chi connectivity index (χ1n) is 10.2. The average molecular weight is 485 g/mol. The number of rotatable bonds is 4. The number of nitrogens with one attached hydrogen (secondary N) is 2. The second-order valence-corrected chi connectivity index (χ2v) is 7.82. The Morgan fingerprint density at radius 1 is 1.24 bits per heavy atom. The molecule has 2 aromatic heterocycles. The predicted octanol–water partition coefficient (Wildman–Crippen LogP) is 4.46. The van der Waals surface area contributed by atoms with Gasteiger partial charge >= 0.3 is 12.2 Å². The van der Waals surface area contributed by atoms with E-state index in [-0.39, 0.29) is 22.7 Å². The van der Waals surface area contributed by atoms with E-state index >= 15 is 0 Å². The third-order valence-electron chi connectivity index (χ3n) is 5.38. The van der Waals surface area contributed by atoms with Crippen molar-refractivity contribution in [1.82, 2.24) is 15.3 Å². The Morgan fingerprint density at radius 2 is 1.94 bits per heavy atom. The maximum atomic E-state index is 14.0. The first kappa shape index (κ1) is 23.7. The number of furan rings is 1. The van der Waals surface area contributed by atoms with Crippen LogP contribution in [0.25, 0.3) is 11.0 Å². The van der Waals surface area contributed by atoms with Crippen molar-refractivity contribution in [1.29, 1.82) is 0 Å². The third-order valence-corrected chi connectivity index (χ3v) is 5.38. The standard InChI is InChI=1S/C21H20F5N5O3/c1-10-9-33-4-3-31(10)19-27-7-13(8-28-19)29-20(32)30-18(21(24,25)26)16-11(2)14-5-12(22)6-15(23)17(14)34-16/h5-8,10,18H,3-4,9H2,1-2H3,(H2,29,30,32)/t10-,18-/m1/s1. The van der Waals surface area contributed by atoms with E-state index in [0.29, 0.717) is 31.8 Å². The second-order valence-electron chi connectivity index (χ2n) is 7.82. The van der Waals surface area contributed by atoms with Crippen molar-refractivity contribution in [3.8, 4) is 0 Å². The van der Waals surface area contributed by atoms with Crippen LogP contribution in [-0.4, -0.2) is 48.0 Å². The van der Waals surface area contributed by atoms with E-state index in [0.717, 1.165) is 6.07 Å². The van der Waals surface area contributed by atoms with Gasteiger partial charge in [-0.05, 0) is 19.9 Å². The van der Waals surface area contributed by atoms with Crippen molar-refractivity contribution in [3.05, 3.63) is 47.5 Å². The number of aromatic nitrogens is 2. The maximum Gasteiger partial charge on any atom is 0.416 e. The highest BCUT2D eigenvalue weighted by Crippen LogP contribution is 2.39. The lowest BCUT2D eigenvalue weighted by atomic mass is 10.1. The number of carbonyl (C=O) groups excluding carboxylic acids is 1. The van der Waals surface area contributed by atoms with Crippen LogP contribution in [0, 0.1) is 18.6 Å². The Labute approximate surface area is 190 Å². The Hall–Kier alpha value is -3.48. The van der Waals surface area contributed by atoms with Crippen LogP contribution in [0.2, 0.25) is 0 Å². The molecule has 1 aliphatic heterocycles. The van der Waals surface area contributed by atoms with Gasteiger partial charge in [0, 0.05) is 23.6 Å². The molecule has 8 nitrogen and oxygen atoms in total. The first-order chi connectivity index (χ1) is 16.0. The molecule has 2 N–H and O–H groups in total. The molecule has 4 rings (SSSR count). The lowest BCUT2D eigenvalue weighted by molar-refractivity contribution is -0.158. The van der Waals surface area contributed by atoms with E-state index in [2.05, 4.69) is 15.3 Å². The predicted molar refractivity (Wildman–Crippen MR) is 111 cm³/mol. The highest BCUT2D eigenvalue weighted by molar-refractivity contribution is 5.89. The molecule has 2 amide bonds. The Balaban J connectivity index is 1.53. The van der Waals surface area contributed by atoms with Crippen LogP contribution >= 0.6 is 0 Å². The summed E-state index contributed by atoms with van der Waals surface area (Å²) in [5, 5.41) is 3.85. The number of alkyl halides is 3. The van der Waals surface area contributed by atoms with Crippen molar-refractivity contribution >= 4 is 28.6 Å². The van der Waals surface area contributed by atoms with Gasteiger partial charge in [-0.3, -0.25) is 0 Å². The van der Waals surface area contributed by atoms with Crippen LogP contribution in [0.3, 0.4) is 0 Å². The second kappa shape index (κ2) is 9.05. The molecule has 0 aliphatic carbocycles. The summed E-state index contributed by atoms with van der Waals surface area (Å²) >= 11 is 0. The summed E-state index contributed by atoms with van der Waals surface area (Å²) in [6.07, 6.45) is -2.47. The number of amides is 2. The van der Waals surface area contributed by atoms with E-state index in [1.807, 2.05) is 11.8 Å². The zero-order valence-corrected chi connectivity index (χ0v) is 18.0. The van der Waals surface area contributed by atoms with E-state index in [1.54, 1.807) is 5.32 Å². The normalized spacial score (nSPS) is 17.6. The average Bonchev–Trinajstić information content (AvgIpc) is 3.09. The van der Waals surface area contributed by atoms with Crippen molar-refractivity contribution in [3.63, 3.8) is 0 Å². The number of benzene rings is 1. The number of anilines is 2. The number of hydrogen-bond donors (Lipinski definition) is 2. The molecule has 0 bridgehead atoms. The lowest BCUT2D eigenvalue weighted by Crippen LogP contribution is -2.44. The van der Waals surface area contributed by atoms with Gasteiger partial charge in [0.1, 0.15) is 11.6 Å². The van der Waals surface area contributed by atoms with E-state index < -0.39 is 41.2 Å². The summed E-state index contributed by atoms with van der Waals surface area (Å²) in [5.41, 5.74) is -0.632. The quantitative estimate of drug-likeness (QED) is 0.531. The van der Waals surface area contributed by atoms with E-state index in [9.17, 15) is 26.7 Å². The summed E-state index contributed by atoms with van der Waals surface area (Å²) in [6.45, 7) is 4.73. The van der Waals surface area contributed by atoms with Gasteiger partial charge in [0.25, 0.3) is 0 Å². The minimum absolute atomic E-state index is 0.0359. The molecule has 2 atom stereocenters. The molecule has 0 spiro atoms. The summed E-state index contributed by atoms with van der Waals surface area (Å²) in [4.78, 5) is 22.6. The molecular formula is C21H20F5N5O3. The fraction of sp³-hybridized carbons (Fsp3) is 0.381. The van der Waals surface area contributed by atoms with Crippen molar-refractivity contribution in [2.75, 3.05) is 30.0 Å². The van der Waals surface area contributed by atoms with Crippen molar-refractivity contribution < 1.29 is 35.9 Å². The van der Waals surface area contributed by atoms with Gasteiger partial charge in [-0.15, -0.1) is 0 Å². The fourth-order valence-corrected chi connectivity index (χ4v) is 3.69. The molecule has 34 heavy (non-hydrogen) atoms. The lowest BCUT2D eigenvalue weighted by Gasteiger charge is -2.33. The topological polar surface area (TPSA) is 92.5 Å². The maximum absolute atomic E-state index is 14.0. The molecule has 3 aromatic rings. The highest BCUT2D eigenvalue weighted by atomic mass is 19.4. The van der Waals surface area contributed by atoms with Crippen LogP contribution in [0.15, 0.2) is 28.9 Å². The fourth-order valence-electron chi connectivity index (χ4n) is 3.69. The number of morpholine rings is 1. The molecule has 3 heterocycles. The van der Waals surface area contributed by atoms with Crippen LogP contribution in [-0.2, 0) is 4.74 Å². The summed E-state index contributed by atoms with van der Waals surface area (Å²) in [5.74, 6) is -2.48. The number of carbonyl (C=O) groups is 1. The van der Waals surface area contributed by atoms with Crippen LogP contribution < -0.4 is 15.5 Å². The Morgan fingerprint density at radius 3 is 2.59 bits per heavy atom. The number of nitrogens with zero attached hydrogens (tertiary/aromatic N) is 3. The zero-order valence-electron chi connectivity index (χ0n) is 18.0. The van der Waals surface area contributed by atoms with E-state index in [1.165, 1.54) is 19.3 Å². The minimum atomic E-state index is -4.99. The number of ether oxygens (including phenoxy) is 1. The van der Waals surface area contributed by atoms with Crippen LogP contribution in [0.4, 0.5) is 38.4 Å². The molecule has 1 fully saturated rings. The number of halogens is 5. The van der Waals surface area contributed by atoms with Gasteiger partial charge in [-0.2, -0.15) is 13.2 Å². The van der Waals surface area contributed by atoms with Crippen LogP contribution in [0.1, 0.15) is 24.3 Å². The molecule has 13 heteroatoms. The van der Waals surface area contributed by atoms with Crippen LogP contribution in [0.5, 0.6) is 0 Å². The van der Waals surface area contributed by atoms with Gasteiger partial charge in [-0.25, -0.2) is 23.5 Å². The molecule has 1 aromatic carbocycles. The molecule has 0 saturated carbocycles. The summed E-state index contributed by atoms with van der Waals surface area (Å²) in [7, 11) is 0. The summed E-state index contributed by atoms with van der Waals surface area (Å²) < 4.78 is 79.3. The molecule has 0 radical (unpaired) electrons. The Kier molecular flexibility index (Phi) is 6.30. The largest absolute Gasteiger partial charge is 0.455 e. The number of hydrogen-bond acceptors (Lipinski definition) is 6. The number of aryl methyl sites for hydroxylation is 1. The highest BCUT2D eigenvalue weighted by Gasteiger charge is 2.45. The zero-order chi connectivity index (χ0) is 24.6. The smallest absolute Gasteiger partial charge is 0.416 e. The minimum Gasteiger partial charge on any atom is -0.455 e. The Bertz CT molecular complexity index is 1200. The first-order valence-corrected chi connectivity index (χ1v) is 10.2. The van der Waals surface area contributed by atoms with Crippen molar-refractivity contribution in [2.45, 2.75) is 32.1 Å². The van der Waals surface area contributed by atoms with Gasteiger partial charge in [0.15, 0.2) is 17.4 Å². The van der Waals surface area contributed by atoms with Gasteiger partial charge in [-0.1, -0.05) is 0 Å². The van der Waals surface area contributed by atoms with Gasteiger partial charge in [0.05, 0.1) is 37.3 Å².